The molecule has 6 nitrogen and oxygen atoms in total. The molecule has 3 rings (SSSR count). The monoisotopic (exact) mass is 275 g/mol. The summed E-state index contributed by atoms with van der Waals surface area (Å²) in [6.07, 6.45) is 7.95. The maximum Gasteiger partial charge on any atom is 0.122 e. The SMILES string of the molecule is COC[C@H]1CN(Cc2cnn(C)c2)Cc2nccn2C1. The van der Waals surface area contributed by atoms with Crippen molar-refractivity contribution < 1.29 is 4.74 Å². The second kappa shape index (κ2) is 5.76. The summed E-state index contributed by atoms with van der Waals surface area (Å²) in [5.41, 5.74) is 1.24. The van der Waals surface area contributed by atoms with Gasteiger partial charge in [-0.15, -0.1) is 0 Å². The van der Waals surface area contributed by atoms with Crippen LogP contribution in [0.4, 0.5) is 0 Å². The van der Waals surface area contributed by atoms with Gasteiger partial charge in [0.2, 0.25) is 0 Å². The molecule has 0 radical (unpaired) electrons. The van der Waals surface area contributed by atoms with Gasteiger partial charge in [0.15, 0.2) is 0 Å². The van der Waals surface area contributed by atoms with Crippen molar-refractivity contribution in [2.24, 2.45) is 13.0 Å². The molecule has 0 unspecified atom stereocenters. The quantitative estimate of drug-likeness (QED) is 0.831. The summed E-state index contributed by atoms with van der Waals surface area (Å²) < 4.78 is 9.45. The fraction of sp³-hybridized carbons (Fsp3) is 0.571. The van der Waals surface area contributed by atoms with Gasteiger partial charge in [-0.2, -0.15) is 5.10 Å². The van der Waals surface area contributed by atoms with Gasteiger partial charge in [0, 0.05) is 63.9 Å². The maximum atomic E-state index is 5.35. The normalized spacial score (nSPS) is 19.8. The van der Waals surface area contributed by atoms with Crippen molar-refractivity contribution in [1.29, 1.82) is 0 Å². The Bertz CT molecular complexity index is 561. The molecule has 108 valence electrons. The summed E-state index contributed by atoms with van der Waals surface area (Å²) in [4.78, 5) is 6.89. The molecule has 0 aromatic carbocycles. The molecule has 0 bridgehead atoms. The molecule has 0 fully saturated rings. The van der Waals surface area contributed by atoms with E-state index in [1.165, 1.54) is 5.56 Å². The summed E-state index contributed by atoms with van der Waals surface area (Å²) >= 11 is 0. The van der Waals surface area contributed by atoms with Gasteiger partial charge in [-0.25, -0.2) is 4.98 Å². The van der Waals surface area contributed by atoms with Crippen LogP contribution < -0.4 is 0 Å². The Morgan fingerprint density at radius 3 is 3.05 bits per heavy atom. The van der Waals surface area contributed by atoms with Crippen LogP contribution in [0.15, 0.2) is 24.8 Å². The number of aryl methyl sites for hydroxylation is 1. The van der Waals surface area contributed by atoms with Gasteiger partial charge in [-0.3, -0.25) is 9.58 Å². The molecule has 0 spiro atoms. The van der Waals surface area contributed by atoms with Crippen LogP contribution in [0.2, 0.25) is 0 Å². The van der Waals surface area contributed by atoms with Crippen LogP contribution in [-0.2, 0) is 31.4 Å². The molecule has 0 N–H and O–H groups in total. The van der Waals surface area contributed by atoms with Crippen LogP contribution in [0.25, 0.3) is 0 Å². The molecule has 2 aromatic heterocycles. The Morgan fingerprint density at radius 2 is 2.30 bits per heavy atom. The molecule has 0 amide bonds. The molecule has 0 saturated heterocycles. The second-order valence-corrected chi connectivity index (χ2v) is 5.51. The lowest BCUT2D eigenvalue weighted by molar-refractivity contribution is 0.115. The molecule has 2 aromatic rings. The number of nitrogens with zero attached hydrogens (tertiary/aromatic N) is 5. The zero-order chi connectivity index (χ0) is 13.9. The van der Waals surface area contributed by atoms with Crippen LogP contribution in [0.3, 0.4) is 0 Å². The van der Waals surface area contributed by atoms with Crippen LogP contribution in [0.5, 0.6) is 0 Å². The summed E-state index contributed by atoms with van der Waals surface area (Å²) in [6, 6.07) is 0. The molecule has 0 saturated carbocycles. The predicted molar refractivity (Wildman–Crippen MR) is 74.9 cm³/mol. The first-order chi connectivity index (χ1) is 9.74. The number of rotatable bonds is 4. The first kappa shape index (κ1) is 13.3. The smallest absolute Gasteiger partial charge is 0.122 e. The van der Waals surface area contributed by atoms with E-state index in [1.807, 2.05) is 24.1 Å². The second-order valence-electron chi connectivity index (χ2n) is 5.51. The molecule has 3 heterocycles. The number of hydrogen-bond donors (Lipinski definition) is 0. The van der Waals surface area contributed by atoms with Gasteiger partial charge >= 0.3 is 0 Å². The number of fused-ring (bicyclic) bond motifs is 1. The topological polar surface area (TPSA) is 48.1 Å². The van der Waals surface area contributed by atoms with E-state index in [-0.39, 0.29) is 0 Å². The Labute approximate surface area is 119 Å². The number of methoxy groups -OCH3 is 1. The standard InChI is InChI=1S/C14H21N5O/c1-17-6-12(5-16-17)7-18-8-13(11-20-2)9-19-4-3-15-14(19)10-18/h3-6,13H,7-11H2,1-2H3/t13-/m0/s1. The van der Waals surface area contributed by atoms with Crippen LogP contribution in [-0.4, -0.2) is 44.5 Å². The lowest BCUT2D eigenvalue weighted by atomic mass is 10.1. The van der Waals surface area contributed by atoms with Gasteiger partial charge in [0.1, 0.15) is 5.82 Å². The van der Waals surface area contributed by atoms with E-state index in [0.717, 1.165) is 38.6 Å². The minimum atomic E-state index is 0.493. The average Bonchev–Trinajstić information content (AvgIpc) is 2.96. The van der Waals surface area contributed by atoms with Crippen molar-refractivity contribution in [3.8, 4) is 0 Å². The fourth-order valence-corrected chi connectivity index (χ4v) is 2.90. The third-order valence-electron chi connectivity index (χ3n) is 3.70. The van der Waals surface area contributed by atoms with Crippen molar-refractivity contribution in [3.63, 3.8) is 0 Å². The van der Waals surface area contributed by atoms with Gasteiger partial charge in [0.25, 0.3) is 0 Å². The Balaban J connectivity index is 1.76. The van der Waals surface area contributed by atoms with E-state index in [1.54, 1.807) is 7.11 Å². The predicted octanol–water partition coefficient (Wildman–Crippen LogP) is 0.895. The van der Waals surface area contributed by atoms with Gasteiger partial charge in [-0.05, 0) is 0 Å². The van der Waals surface area contributed by atoms with Crippen molar-refractivity contribution >= 4 is 0 Å². The lowest BCUT2D eigenvalue weighted by Crippen LogP contribution is -2.29. The van der Waals surface area contributed by atoms with Crippen LogP contribution in [0.1, 0.15) is 11.4 Å². The highest BCUT2D eigenvalue weighted by atomic mass is 16.5. The summed E-state index contributed by atoms with van der Waals surface area (Å²) in [5, 5.41) is 4.24. The maximum absolute atomic E-state index is 5.35. The highest BCUT2D eigenvalue weighted by molar-refractivity contribution is 5.04. The summed E-state index contributed by atoms with van der Waals surface area (Å²) in [5.74, 6) is 1.62. The van der Waals surface area contributed by atoms with Crippen LogP contribution >= 0.6 is 0 Å². The summed E-state index contributed by atoms with van der Waals surface area (Å²) in [6.45, 7) is 4.56. The fourth-order valence-electron chi connectivity index (χ4n) is 2.90. The van der Waals surface area contributed by atoms with E-state index < -0.39 is 0 Å². The largest absolute Gasteiger partial charge is 0.384 e. The lowest BCUT2D eigenvalue weighted by Gasteiger charge is -2.22. The number of imidazole rings is 1. The Morgan fingerprint density at radius 1 is 1.40 bits per heavy atom. The number of aromatic nitrogens is 4. The zero-order valence-electron chi connectivity index (χ0n) is 12.1. The molecular weight excluding hydrogens is 254 g/mol. The molecule has 1 aliphatic rings. The molecule has 20 heavy (non-hydrogen) atoms. The van der Waals surface area contributed by atoms with Crippen molar-refractivity contribution in [3.05, 3.63) is 36.2 Å². The summed E-state index contributed by atoms with van der Waals surface area (Å²) in [7, 11) is 3.72. The zero-order valence-corrected chi connectivity index (χ0v) is 12.1. The molecule has 6 heteroatoms. The van der Waals surface area contributed by atoms with E-state index in [2.05, 4.69) is 31.9 Å². The Kier molecular flexibility index (Phi) is 3.84. The van der Waals surface area contributed by atoms with E-state index in [0.29, 0.717) is 5.92 Å². The van der Waals surface area contributed by atoms with Crippen molar-refractivity contribution in [1.82, 2.24) is 24.2 Å². The van der Waals surface area contributed by atoms with Gasteiger partial charge in [-0.1, -0.05) is 0 Å². The minimum Gasteiger partial charge on any atom is -0.384 e. The van der Waals surface area contributed by atoms with Gasteiger partial charge < -0.3 is 9.30 Å². The van der Waals surface area contributed by atoms with E-state index in [9.17, 15) is 0 Å². The first-order valence-electron chi connectivity index (χ1n) is 6.93. The highest BCUT2D eigenvalue weighted by Gasteiger charge is 2.22. The third-order valence-corrected chi connectivity index (χ3v) is 3.70. The van der Waals surface area contributed by atoms with Crippen molar-refractivity contribution in [2.75, 3.05) is 20.3 Å². The van der Waals surface area contributed by atoms with Crippen LogP contribution in [0, 0.1) is 5.92 Å². The van der Waals surface area contributed by atoms with E-state index in [4.69, 9.17) is 4.74 Å². The van der Waals surface area contributed by atoms with Gasteiger partial charge in [0.05, 0.1) is 19.3 Å². The molecular formula is C14H21N5O. The number of hydrogen-bond acceptors (Lipinski definition) is 4. The molecule has 0 aliphatic carbocycles. The Hall–Kier alpha value is -1.66. The minimum absolute atomic E-state index is 0.493. The van der Waals surface area contributed by atoms with E-state index >= 15 is 0 Å². The first-order valence-corrected chi connectivity index (χ1v) is 6.93. The molecule has 1 atom stereocenters. The number of ether oxygens (including phenoxy) is 1. The third kappa shape index (κ3) is 2.91. The van der Waals surface area contributed by atoms with Crippen molar-refractivity contribution in [2.45, 2.75) is 19.6 Å². The average molecular weight is 275 g/mol. The highest BCUT2D eigenvalue weighted by Crippen LogP contribution is 2.17. The molecule has 1 aliphatic heterocycles.